The first-order valence-electron chi connectivity index (χ1n) is 6.78. The molecule has 0 fully saturated rings. The Labute approximate surface area is 109 Å². The van der Waals surface area contributed by atoms with Crippen LogP contribution in [0.1, 0.15) is 45.3 Å². The molecule has 0 radical (unpaired) electrons. The first-order valence-corrected chi connectivity index (χ1v) is 6.78. The fraction of sp³-hybridized carbons (Fsp3) is 0.533. The summed E-state index contributed by atoms with van der Waals surface area (Å²) in [4.78, 5) is 14.0. The maximum Gasteiger partial charge on any atom is 0.246 e. The van der Waals surface area contributed by atoms with Crippen LogP contribution in [-0.4, -0.2) is 23.9 Å². The standard InChI is InChI=1S/C15H23NO2/c1-3-5-11-16(12-6-4-2)15(17)10-9-14-8-7-13-18-14/h7-10,13H,3-6,11-12H2,1-2H3/b10-9+. The Hall–Kier alpha value is -1.51. The number of hydrogen-bond acceptors (Lipinski definition) is 2. The summed E-state index contributed by atoms with van der Waals surface area (Å²) in [6.45, 7) is 5.97. The van der Waals surface area contributed by atoms with Crippen molar-refractivity contribution in [2.45, 2.75) is 39.5 Å². The van der Waals surface area contributed by atoms with Gasteiger partial charge in [0, 0.05) is 19.2 Å². The van der Waals surface area contributed by atoms with Gasteiger partial charge in [-0.3, -0.25) is 4.79 Å². The van der Waals surface area contributed by atoms with Crippen molar-refractivity contribution in [1.82, 2.24) is 4.90 Å². The van der Waals surface area contributed by atoms with E-state index in [0.717, 1.165) is 38.8 Å². The molecule has 1 rings (SSSR count). The number of carbonyl (C=O) groups excluding carboxylic acids is 1. The second-order valence-corrected chi connectivity index (χ2v) is 4.38. The lowest BCUT2D eigenvalue weighted by molar-refractivity contribution is -0.126. The highest BCUT2D eigenvalue weighted by atomic mass is 16.3. The van der Waals surface area contributed by atoms with Gasteiger partial charge in [-0.05, 0) is 31.1 Å². The smallest absolute Gasteiger partial charge is 0.246 e. The topological polar surface area (TPSA) is 33.5 Å². The molecule has 0 saturated heterocycles. The SMILES string of the molecule is CCCCN(CCCC)C(=O)/C=C/c1ccco1. The van der Waals surface area contributed by atoms with Gasteiger partial charge in [-0.15, -0.1) is 0 Å². The van der Waals surface area contributed by atoms with Gasteiger partial charge in [0.15, 0.2) is 0 Å². The molecule has 0 spiro atoms. The van der Waals surface area contributed by atoms with Gasteiger partial charge in [-0.2, -0.15) is 0 Å². The number of furan rings is 1. The molecule has 0 aromatic carbocycles. The van der Waals surface area contributed by atoms with Crippen LogP contribution in [0.15, 0.2) is 28.9 Å². The largest absolute Gasteiger partial charge is 0.465 e. The Balaban J connectivity index is 2.51. The predicted molar refractivity (Wildman–Crippen MR) is 74.1 cm³/mol. The summed E-state index contributed by atoms with van der Waals surface area (Å²) in [5.41, 5.74) is 0. The molecular weight excluding hydrogens is 226 g/mol. The molecule has 1 aromatic rings. The van der Waals surface area contributed by atoms with Gasteiger partial charge in [0.2, 0.25) is 5.91 Å². The average Bonchev–Trinajstić information content (AvgIpc) is 2.89. The van der Waals surface area contributed by atoms with Gasteiger partial charge in [0.05, 0.1) is 6.26 Å². The van der Waals surface area contributed by atoms with Crippen molar-refractivity contribution in [3.8, 4) is 0 Å². The Bertz CT molecular complexity index is 347. The van der Waals surface area contributed by atoms with Gasteiger partial charge in [-0.1, -0.05) is 26.7 Å². The molecule has 100 valence electrons. The van der Waals surface area contributed by atoms with Gasteiger partial charge in [-0.25, -0.2) is 0 Å². The maximum absolute atomic E-state index is 12.0. The molecule has 1 aromatic heterocycles. The molecule has 0 atom stereocenters. The van der Waals surface area contributed by atoms with Crippen LogP contribution in [0.4, 0.5) is 0 Å². The third-order valence-electron chi connectivity index (χ3n) is 2.81. The molecular formula is C15H23NO2. The molecule has 0 aliphatic carbocycles. The van der Waals surface area contributed by atoms with E-state index in [1.54, 1.807) is 18.4 Å². The molecule has 0 aliphatic rings. The van der Waals surface area contributed by atoms with E-state index in [1.165, 1.54) is 0 Å². The average molecular weight is 249 g/mol. The van der Waals surface area contributed by atoms with Crippen LogP contribution >= 0.6 is 0 Å². The van der Waals surface area contributed by atoms with E-state index < -0.39 is 0 Å². The Morgan fingerprint density at radius 3 is 2.44 bits per heavy atom. The second-order valence-electron chi connectivity index (χ2n) is 4.38. The van der Waals surface area contributed by atoms with Gasteiger partial charge < -0.3 is 9.32 Å². The van der Waals surface area contributed by atoms with Crippen LogP contribution in [-0.2, 0) is 4.79 Å². The Morgan fingerprint density at radius 1 is 1.28 bits per heavy atom. The lowest BCUT2D eigenvalue weighted by atomic mass is 10.2. The zero-order valence-corrected chi connectivity index (χ0v) is 11.4. The van der Waals surface area contributed by atoms with Crippen molar-refractivity contribution in [3.63, 3.8) is 0 Å². The van der Waals surface area contributed by atoms with Crippen molar-refractivity contribution in [2.75, 3.05) is 13.1 Å². The summed E-state index contributed by atoms with van der Waals surface area (Å²) < 4.78 is 5.17. The third kappa shape index (κ3) is 5.21. The molecule has 3 nitrogen and oxygen atoms in total. The summed E-state index contributed by atoms with van der Waals surface area (Å²) in [7, 11) is 0. The number of carbonyl (C=O) groups is 1. The number of hydrogen-bond donors (Lipinski definition) is 0. The summed E-state index contributed by atoms with van der Waals surface area (Å²) >= 11 is 0. The van der Waals surface area contributed by atoms with Crippen LogP contribution < -0.4 is 0 Å². The second kappa shape index (κ2) is 8.56. The third-order valence-corrected chi connectivity index (χ3v) is 2.81. The zero-order chi connectivity index (χ0) is 13.2. The van der Waals surface area contributed by atoms with Crippen molar-refractivity contribution in [2.24, 2.45) is 0 Å². The summed E-state index contributed by atoms with van der Waals surface area (Å²) in [5.74, 6) is 0.794. The van der Waals surface area contributed by atoms with Gasteiger partial charge in [0.1, 0.15) is 5.76 Å². The lowest BCUT2D eigenvalue weighted by Gasteiger charge is -2.20. The molecule has 0 N–H and O–H groups in total. The van der Waals surface area contributed by atoms with Crippen molar-refractivity contribution >= 4 is 12.0 Å². The normalized spacial score (nSPS) is 11.0. The highest BCUT2D eigenvalue weighted by Crippen LogP contribution is 2.05. The quantitative estimate of drug-likeness (QED) is 0.658. The number of amides is 1. The minimum atomic E-state index is 0.0771. The molecule has 0 saturated carbocycles. The van der Waals surface area contributed by atoms with E-state index in [-0.39, 0.29) is 5.91 Å². The van der Waals surface area contributed by atoms with E-state index in [1.807, 2.05) is 17.0 Å². The van der Waals surface area contributed by atoms with Crippen molar-refractivity contribution in [1.29, 1.82) is 0 Å². The molecule has 1 heterocycles. The fourth-order valence-electron chi connectivity index (χ4n) is 1.68. The fourth-order valence-corrected chi connectivity index (χ4v) is 1.68. The number of unbranched alkanes of at least 4 members (excludes halogenated alkanes) is 2. The molecule has 3 heteroatoms. The van der Waals surface area contributed by atoms with Crippen molar-refractivity contribution < 1.29 is 9.21 Å². The summed E-state index contributed by atoms with van der Waals surface area (Å²) in [6, 6.07) is 3.66. The van der Waals surface area contributed by atoms with E-state index in [4.69, 9.17) is 4.42 Å². The van der Waals surface area contributed by atoms with Crippen LogP contribution in [0.3, 0.4) is 0 Å². The van der Waals surface area contributed by atoms with E-state index >= 15 is 0 Å². The Morgan fingerprint density at radius 2 is 1.94 bits per heavy atom. The predicted octanol–water partition coefficient (Wildman–Crippen LogP) is 3.72. The first-order chi connectivity index (χ1) is 8.77. The molecule has 0 unspecified atom stereocenters. The summed E-state index contributed by atoms with van der Waals surface area (Å²) in [6.07, 6.45) is 9.27. The van der Waals surface area contributed by atoms with E-state index in [9.17, 15) is 4.79 Å². The van der Waals surface area contributed by atoms with Gasteiger partial charge in [0.25, 0.3) is 0 Å². The van der Waals surface area contributed by atoms with E-state index in [0.29, 0.717) is 5.76 Å². The monoisotopic (exact) mass is 249 g/mol. The van der Waals surface area contributed by atoms with Crippen LogP contribution in [0.5, 0.6) is 0 Å². The van der Waals surface area contributed by atoms with Crippen molar-refractivity contribution in [3.05, 3.63) is 30.2 Å². The van der Waals surface area contributed by atoms with Crippen LogP contribution in [0.25, 0.3) is 6.08 Å². The first kappa shape index (κ1) is 14.6. The molecule has 0 aliphatic heterocycles. The van der Waals surface area contributed by atoms with Crippen LogP contribution in [0, 0.1) is 0 Å². The lowest BCUT2D eigenvalue weighted by Crippen LogP contribution is -2.31. The minimum absolute atomic E-state index is 0.0771. The highest BCUT2D eigenvalue weighted by Gasteiger charge is 2.09. The molecule has 1 amide bonds. The Kier molecular flexibility index (Phi) is 6.92. The number of nitrogens with zero attached hydrogens (tertiary/aromatic N) is 1. The molecule has 0 bridgehead atoms. The van der Waals surface area contributed by atoms with Crippen LogP contribution in [0.2, 0.25) is 0 Å². The minimum Gasteiger partial charge on any atom is -0.465 e. The summed E-state index contributed by atoms with van der Waals surface area (Å²) in [5, 5.41) is 0. The maximum atomic E-state index is 12.0. The molecule has 18 heavy (non-hydrogen) atoms. The zero-order valence-electron chi connectivity index (χ0n) is 11.4. The number of rotatable bonds is 8. The highest BCUT2D eigenvalue weighted by molar-refractivity contribution is 5.91. The van der Waals surface area contributed by atoms with Gasteiger partial charge >= 0.3 is 0 Å². The van der Waals surface area contributed by atoms with E-state index in [2.05, 4.69) is 13.8 Å².